The first-order chi connectivity index (χ1) is 17.8. The molecule has 3 aromatic carbocycles. The summed E-state index contributed by atoms with van der Waals surface area (Å²) >= 11 is 14.0. The van der Waals surface area contributed by atoms with Crippen molar-refractivity contribution < 1.29 is 9.59 Å². The van der Waals surface area contributed by atoms with Gasteiger partial charge >= 0.3 is 0 Å². The molecule has 0 heterocycles. The van der Waals surface area contributed by atoms with Gasteiger partial charge in [-0.25, -0.2) is 0 Å². The van der Waals surface area contributed by atoms with Crippen LogP contribution in [0.4, 0.5) is 0 Å². The lowest BCUT2D eigenvalue weighted by atomic mass is 10.0. The molecule has 0 aliphatic heterocycles. The van der Waals surface area contributed by atoms with Crippen LogP contribution in [0.15, 0.2) is 72.8 Å². The van der Waals surface area contributed by atoms with E-state index >= 15 is 0 Å². The van der Waals surface area contributed by atoms with E-state index in [1.807, 2.05) is 56.3 Å². The highest BCUT2D eigenvalue weighted by Gasteiger charge is 2.31. The number of aryl methyl sites for hydroxylation is 1. The van der Waals surface area contributed by atoms with Crippen molar-refractivity contribution in [3.63, 3.8) is 0 Å². The molecule has 37 heavy (non-hydrogen) atoms. The van der Waals surface area contributed by atoms with Crippen molar-refractivity contribution in [3.8, 4) is 0 Å². The van der Waals surface area contributed by atoms with Crippen LogP contribution < -0.4 is 5.32 Å². The summed E-state index contributed by atoms with van der Waals surface area (Å²) in [7, 11) is 0. The number of nitrogens with zero attached hydrogens (tertiary/aromatic N) is 1. The average Bonchev–Trinajstić information content (AvgIpc) is 2.88. The number of carbonyl (C=O) groups excluding carboxylic acids is 2. The molecular weight excluding hydrogens is 523 g/mol. The minimum atomic E-state index is -0.669. The van der Waals surface area contributed by atoms with Crippen molar-refractivity contribution in [3.05, 3.63) is 105 Å². The van der Waals surface area contributed by atoms with Crippen molar-refractivity contribution >= 4 is 46.8 Å². The lowest BCUT2D eigenvalue weighted by Crippen LogP contribution is -2.52. The molecule has 0 fully saturated rings. The van der Waals surface area contributed by atoms with Gasteiger partial charge in [0.05, 0.1) is 15.8 Å². The summed E-state index contributed by atoms with van der Waals surface area (Å²) in [6.07, 6.45) is 1.22. The van der Waals surface area contributed by atoms with Crippen LogP contribution >= 0.6 is 35.0 Å². The molecule has 1 N–H and O–H groups in total. The quantitative estimate of drug-likeness (QED) is 0.259. The molecule has 0 saturated heterocycles. The minimum Gasteiger partial charge on any atom is -0.352 e. The fraction of sp³-hybridized carbons (Fsp3) is 0.333. The van der Waals surface area contributed by atoms with E-state index in [0.29, 0.717) is 16.5 Å². The third-order valence-electron chi connectivity index (χ3n) is 6.19. The second-order valence-corrected chi connectivity index (χ2v) is 11.1. The Labute approximate surface area is 234 Å². The summed E-state index contributed by atoms with van der Waals surface area (Å²) in [5.74, 6) is 0.729. The first kappa shape index (κ1) is 29.1. The van der Waals surface area contributed by atoms with Crippen LogP contribution in [0.5, 0.6) is 0 Å². The molecule has 0 aliphatic carbocycles. The predicted octanol–water partition coefficient (Wildman–Crippen LogP) is 7.09. The highest BCUT2D eigenvalue weighted by Crippen LogP contribution is 2.25. The number of thioether (sulfide) groups is 1. The largest absolute Gasteiger partial charge is 0.352 e. The highest BCUT2D eigenvalue weighted by molar-refractivity contribution is 7.99. The normalized spacial score (nSPS) is 12.6. The predicted molar refractivity (Wildman–Crippen MR) is 156 cm³/mol. The molecule has 2 atom stereocenters. The highest BCUT2D eigenvalue weighted by atomic mass is 35.5. The molecule has 0 radical (unpaired) electrons. The molecule has 0 aliphatic rings. The molecule has 0 spiro atoms. The van der Waals surface area contributed by atoms with E-state index in [4.69, 9.17) is 23.2 Å². The molecule has 196 valence electrons. The van der Waals surface area contributed by atoms with Crippen LogP contribution in [0.3, 0.4) is 0 Å². The molecule has 2 amide bonds. The lowest BCUT2D eigenvalue weighted by Gasteiger charge is -2.32. The van der Waals surface area contributed by atoms with Crippen LogP contribution in [-0.2, 0) is 28.3 Å². The maximum atomic E-state index is 13.7. The molecule has 0 bridgehead atoms. The number of amides is 2. The zero-order valence-corrected chi connectivity index (χ0v) is 23.9. The van der Waals surface area contributed by atoms with Crippen molar-refractivity contribution in [2.75, 3.05) is 5.75 Å². The number of rotatable bonds is 12. The first-order valence-electron chi connectivity index (χ1n) is 12.5. The molecule has 4 nitrogen and oxygen atoms in total. The van der Waals surface area contributed by atoms with Gasteiger partial charge in [-0.1, -0.05) is 96.4 Å². The fourth-order valence-electron chi connectivity index (χ4n) is 3.97. The third kappa shape index (κ3) is 9.10. The van der Waals surface area contributed by atoms with Gasteiger partial charge in [-0.2, -0.15) is 0 Å². The van der Waals surface area contributed by atoms with Crippen LogP contribution in [0.2, 0.25) is 10.0 Å². The van der Waals surface area contributed by atoms with Gasteiger partial charge in [-0.05, 0) is 49.1 Å². The van der Waals surface area contributed by atoms with Gasteiger partial charge in [-0.15, -0.1) is 11.8 Å². The van der Waals surface area contributed by atoms with Crippen molar-refractivity contribution in [2.24, 2.45) is 0 Å². The molecule has 0 saturated carbocycles. The molecule has 0 unspecified atom stereocenters. The maximum absolute atomic E-state index is 13.7. The van der Waals surface area contributed by atoms with E-state index < -0.39 is 6.04 Å². The first-order valence-corrected chi connectivity index (χ1v) is 14.4. The molecular formula is C30H34Cl2N2O2S. The topological polar surface area (TPSA) is 49.4 Å². The molecule has 0 aromatic heterocycles. The Morgan fingerprint density at radius 1 is 0.919 bits per heavy atom. The summed E-state index contributed by atoms with van der Waals surface area (Å²) in [5.41, 5.74) is 4.17. The Bertz CT molecular complexity index is 1190. The summed E-state index contributed by atoms with van der Waals surface area (Å²) in [6.45, 7) is 6.31. The van der Waals surface area contributed by atoms with E-state index in [2.05, 4.69) is 30.4 Å². The Balaban J connectivity index is 1.88. The van der Waals surface area contributed by atoms with Crippen LogP contribution in [0.1, 0.15) is 42.5 Å². The standard InChI is InChI=1S/C30H34Cl2N2O2S/c1-4-22(3)33-30(36)28(17-23-10-6-5-7-11-23)34(18-24-13-14-26(31)27(32)16-24)29(35)20-37-19-25-12-8-9-21(2)15-25/h5-16,22,28H,4,17-20H2,1-3H3,(H,33,36)/t22-,28-/m0/s1. The number of hydrogen-bond donors (Lipinski definition) is 1. The van der Waals surface area contributed by atoms with Crippen molar-refractivity contribution in [2.45, 2.75) is 58.0 Å². The van der Waals surface area contributed by atoms with E-state index in [-0.39, 0.29) is 30.2 Å². The van der Waals surface area contributed by atoms with Gasteiger partial charge in [0.25, 0.3) is 0 Å². The number of carbonyl (C=O) groups is 2. The Morgan fingerprint density at radius 2 is 1.65 bits per heavy atom. The Morgan fingerprint density at radius 3 is 2.32 bits per heavy atom. The molecule has 7 heteroatoms. The van der Waals surface area contributed by atoms with Gasteiger partial charge in [0.1, 0.15) is 6.04 Å². The zero-order valence-electron chi connectivity index (χ0n) is 21.5. The van der Waals surface area contributed by atoms with Crippen LogP contribution in [-0.4, -0.2) is 34.6 Å². The fourth-order valence-corrected chi connectivity index (χ4v) is 5.15. The van der Waals surface area contributed by atoms with Gasteiger partial charge < -0.3 is 10.2 Å². The second kappa shape index (κ2) is 14.5. The number of benzene rings is 3. The maximum Gasteiger partial charge on any atom is 0.243 e. The average molecular weight is 558 g/mol. The molecule has 3 aromatic rings. The van der Waals surface area contributed by atoms with Crippen molar-refractivity contribution in [1.82, 2.24) is 10.2 Å². The van der Waals surface area contributed by atoms with Crippen molar-refractivity contribution in [1.29, 1.82) is 0 Å². The third-order valence-corrected chi connectivity index (χ3v) is 7.91. The minimum absolute atomic E-state index is 0.00315. The van der Waals surface area contributed by atoms with Crippen LogP contribution in [0.25, 0.3) is 0 Å². The van der Waals surface area contributed by atoms with E-state index in [0.717, 1.165) is 23.3 Å². The Kier molecular flexibility index (Phi) is 11.4. The Hall–Kier alpha value is -2.47. The van der Waals surface area contributed by atoms with E-state index in [1.54, 1.807) is 28.8 Å². The smallest absolute Gasteiger partial charge is 0.243 e. The van der Waals surface area contributed by atoms with Gasteiger partial charge in [0, 0.05) is 24.8 Å². The van der Waals surface area contributed by atoms with Crippen LogP contribution in [0, 0.1) is 6.92 Å². The summed E-state index contributed by atoms with van der Waals surface area (Å²) in [6, 6.07) is 22.7. The summed E-state index contributed by atoms with van der Waals surface area (Å²) in [4.78, 5) is 28.9. The lowest BCUT2D eigenvalue weighted by molar-refractivity contribution is -0.139. The summed E-state index contributed by atoms with van der Waals surface area (Å²) in [5, 5.41) is 3.96. The number of halogens is 2. The van der Waals surface area contributed by atoms with E-state index in [9.17, 15) is 9.59 Å². The summed E-state index contributed by atoms with van der Waals surface area (Å²) < 4.78 is 0. The zero-order chi connectivity index (χ0) is 26.8. The second-order valence-electron chi connectivity index (χ2n) is 9.28. The number of hydrogen-bond acceptors (Lipinski definition) is 3. The monoisotopic (exact) mass is 556 g/mol. The van der Waals surface area contributed by atoms with Gasteiger partial charge in [0.15, 0.2) is 0 Å². The SMILES string of the molecule is CC[C@H](C)NC(=O)[C@H](Cc1ccccc1)N(Cc1ccc(Cl)c(Cl)c1)C(=O)CSCc1cccc(C)c1. The van der Waals surface area contributed by atoms with Gasteiger partial charge in [0.2, 0.25) is 11.8 Å². The number of nitrogens with one attached hydrogen (secondary N) is 1. The van der Waals surface area contributed by atoms with Gasteiger partial charge in [-0.3, -0.25) is 9.59 Å². The van der Waals surface area contributed by atoms with E-state index in [1.165, 1.54) is 11.1 Å². The molecule has 3 rings (SSSR count).